The van der Waals surface area contributed by atoms with Crippen molar-refractivity contribution in [3.63, 3.8) is 0 Å². The Balaban J connectivity index is 0.000000305. The third-order valence-corrected chi connectivity index (χ3v) is 6.66. The van der Waals surface area contributed by atoms with E-state index < -0.39 is 0 Å². The summed E-state index contributed by atoms with van der Waals surface area (Å²) in [5.74, 6) is 1.86. The number of ether oxygens (including phenoxy) is 1. The number of pyridine rings is 1. The monoisotopic (exact) mass is 645 g/mol. The smallest absolute Gasteiger partial charge is 0.155 e. The number of fused-ring (bicyclic) bond motifs is 1. The Morgan fingerprint density at radius 3 is 2.85 bits per heavy atom. The number of hydrogen-bond acceptors (Lipinski definition) is 7. The van der Waals surface area contributed by atoms with Crippen LogP contribution < -0.4 is 10.6 Å². The van der Waals surface area contributed by atoms with Gasteiger partial charge in [0.1, 0.15) is 23.1 Å². The Labute approximate surface area is 278 Å². The van der Waals surface area contributed by atoms with Crippen LogP contribution >= 0.6 is 11.6 Å². The fourth-order valence-corrected chi connectivity index (χ4v) is 4.61. The predicted molar refractivity (Wildman–Crippen MR) is 191 cm³/mol. The van der Waals surface area contributed by atoms with Gasteiger partial charge in [-0.3, -0.25) is 9.98 Å². The van der Waals surface area contributed by atoms with Crippen molar-refractivity contribution in [2.24, 2.45) is 9.98 Å². The lowest BCUT2D eigenvalue weighted by molar-refractivity contribution is 0.235. The van der Waals surface area contributed by atoms with E-state index in [1.165, 1.54) is 6.07 Å². The number of rotatable bonds is 14. The molecule has 0 saturated carbocycles. The molecule has 1 aliphatic heterocycles. The van der Waals surface area contributed by atoms with Gasteiger partial charge in [0.05, 0.1) is 30.2 Å². The van der Waals surface area contributed by atoms with E-state index in [2.05, 4.69) is 74.9 Å². The molecule has 0 amide bonds. The third-order valence-electron chi connectivity index (χ3n) is 6.38. The van der Waals surface area contributed by atoms with E-state index in [9.17, 15) is 4.39 Å². The fourth-order valence-electron chi connectivity index (χ4n) is 4.37. The van der Waals surface area contributed by atoms with E-state index in [0.29, 0.717) is 36.0 Å². The average molecular weight is 646 g/mol. The molecule has 244 valence electrons. The highest BCUT2D eigenvalue weighted by atomic mass is 35.5. The van der Waals surface area contributed by atoms with Crippen molar-refractivity contribution >= 4 is 36.7 Å². The molecule has 2 N–H and O–H groups in total. The van der Waals surface area contributed by atoms with Crippen LogP contribution in [0.5, 0.6) is 0 Å². The molecule has 4 rings (SSSR count). The standard InChI is InChI=1S/C19H24ClN3.C15H17FN4O.C2H4/c1-3-9-16(20)10-8-15-23-18-12-7-5-6-11-17(18)22-19(23)13-14-21-4-2;1-3-21-13-7-5-9-19-15(14(13)17-2)20-10-12-11(16)6-4-8-18-12;1-2/h3,5,7,9-12,21H,4,8,13-15H2,1-2H3;4,6-9,20H,2-3,5,10H2,1H3;1-2H2/b9-3-,16-10+;;. The molecule has 2 aromatic heterocycles. The van der Waals surface area contributed by atoms with Crippen LogP contribution in [-0.4, -0.2) is 47.2 Å². The van der Waals surface area contributed by atoms with E-state index in [1.807, 2.05) is 50.3 Å². The zero-order chi connectivity index (χ0) is 33.6. The maximum absolute atomic E-state index is 13.6. The lowest BCUT2D eigenvalue weighted by Gasteiger charge is -2.12. The molecular weight excluding hydrogens is 601 g/mol. The molecule has 0 unspecified atom stereocenters. The van der Waals surface area contributed by atoms with E-state index >= 15 is 0 Å². The maximum Gasteiger partial charge on any atom is 0.155 e. The lowest BCUT2D eigenvalue weighted by Crippen LogP contribution is -2.18. The van der Waals surface area contributed by atoms with Gasteiger partial charge in [-0.05, 0) is 70.0 Å². The summed E-state index contributed by atoms with van der Waals surface area (Å²) in [6, 6.07) is 2.92. The van der Waals surface area contributed by atoms with Crippen molar-refractivity contribution in [3.05, 3.63) is 125 Å². The minimum absolute atomic E-state index is 0.206. The van der Waals surface area contributed by atoms with Gasteiger partial charge in [0, 0.05) is 49.5 Å². The SMILES string of the molecule is C/C=C\C(Cl)=C/CCn1c(CCNCC)nc2c1C=CC=C=C2.C=C.C=NC1=C(NCc2ncccc2F)N=CCC=C1OCC. The highest BCUT2D eigenvalue weighted by Gasteiger charge is 2.15. The molecule has 1 aliphatic carbocycles. The summed E-state index contributed by atoms with van der Waals surface area (Å²) in [6.45, 7) is 19.0. The quantitative estimate of drug-likeness (QED) is 0.0723. The van der Waals surface area contributed by atoms with E-state index in [0.717, 1.165) is 54.7 Å². The van der Waals surface area contributed by atoms with Gasteiger partial charge in [-0.25, -0.2) is 14.4 Å². The first-order valence-electron chi connectivity index (χ1n) is 15.3. The molecule has 0 spiro atoms. The topological polar surface area (TPSA) is 88.7 Å². The number of imidazole rings is 1. The number of aromatic nitrogens is 3. The van der Waals surface area contributed by atoms with Crippen molar-refractivity contribution in [2.75, 3.05) is 19.7 Å². The summed E-state index contributed by atoms with van der Waals surface area (Å²) >= 11 is 6.14. The van der Waals surface area contributed by atoms with Gasteiger partial charge in [-0.15, -0.1) is 18.9 Å². The van der Waals surface area contributed by atoms with Crippen LogP contribution in [0.15, 0.2) is 106 Å². The van der Waals surface area contributed by atoms with E-state index in [4.69, 9.17) is 21.3 Å². The second kappa shape index (κ2) is 22.0. The molecule has 8 nitrogen and oxygen atoms in total. The first-order chi connectivity index (χ1) is 22.5. The minimum atomic E-state index is -0.364. The third kappa shape index (κ3) is 12.1. The average Bonchev–Trinajstić information content (AvgIpc) is 3.20. The first kappa shape index (κ1) is 37.6. The molecule has 2 aliphatic rings. The Hall–Kier alpha value is -4.56. The second-order valence-corrected chi connectivity index (χ2v) is 9.89. The summed E-state index contributed by atoms with van der Waals surface area (Å²) in [7, 11) is 0. The first-order valence-corrected chi connectivity index (χ1v) is 15.7. The highest BCUT2D eigenvalue weighted by Crippen LogP contribution is 2.21. The van der Waals surface area contributed by atoms with Gasteiger partial charge in [-0.2, -0.15) is 0 Å². The van der Waals surface area contributed by atoms with E-state index in [1.54, 1.807) is 18.5 Å². The molecule has 10 heteroatoms. The van der Waals surface area contributed by atoms with E-state index in [-0.39, 0.29) is 12.4 Å². The predicted octanol–water partition coefficient (Wildman–Crippen LogP) is 7.70. The van der Waals surface area contributed by atoms with Crippen LogP contribution in [0.1, 0.15) is 56.5 Å². The van der Waals surface area contributed by atoms with Gasteiger partial charge >= 0.3 is 0 Å². The normalized spacial score (nSPS) is 13.6. The minimum Gasteiger partial charge on any atom is -0.492 e. The summed E-state index contributed by atoms with van der Waals surface area (Å²) in [6.07, 6.45) is 21.5. The van der Waals surface area contributed by atoms with Gasteiger partial charge in [0.15, 0.2) is 5.82 Å². The molecule has 0 radical (unpaired) electrons. The van der Waals surface area contributed by atoms with Gasteiger partial charge in [-0.1, -0.05) is 36.8 Å². The zero-order valence-electron chi connectivity index (χ0n) is 27.1. The zero-order valence-corrected chi connectivity index (χ0v) is 27.9. The summed E-state index contributed by atoms with van der Waals surface area (Å²) in [5.41, 5.74) is 6.10. The number of nitrogens with one attached hydrogen (secondary N) is 2. The van der Waals surface area contributed by atoms with Crippen LogP contribution in [0.3, 0.4) is 0 Å². The van der Waals surface area contributed by atoms with Crippen LogP contribution in [0, 0.1) is 5.82 Å². The van der Waals surface area contributed by atoms with Crippen LogP contribution in [0.2, 0.25) is 0 Å². The molecule has 46 heavy (non-hydrogen) atoms. The maximum atomic E-state index is 13.6. The van der Waals surface area contributed by atoms with Gasteiger partial charge in [0.2, 0.25) is 0 Å². The summed E-state index contributed by atoms with van der Waals surface area (Å²) < 4.78 is 21.4. The van der Waals surface area contributed by atoms with Gasteiger partial charge in [0.25, 0.3) is 0 Å². The molecule has 0 bridgehead atoms. The number of aliphatic imine (C=N–C) groups is 2. The number of likely N-dealkylation sites (N-methyl/N-ethyl adjacent to an activating group) is 1. The second-order valence-electron chi connectivity index (χ2n) is 9.46. The number of halogens is 2. The molecule has 0 aromatic carbocycles. The molecule has 2 aromatic rings. The fraction of sp³-hybridized carbons (Fsp3) is 0.306. The number of allylic oxidation sites excluding steroid dienone is 7. The highest BCUT2D eigenvalue weighted by molar-refractivity contribution is 6.31. The summed E-state index contributed by atoms with van der Waals surface area (Å²) in [4.78, 5) is 17.0. The molecule has 0 saturated heterocycles. The Kier molecular flexibility index (Phi) is 18.0. The molecular formula is C36H45ClFN7O. The van der Waals surface area contributed by atoms with Crippen LogP contribution in [-0.2, 0) is 24.2 Å². The van der Waals surface area contributed by atoms with Gasteiger partial charge < -0.3 is 19.9 Å². The van der Waals surface area contributed by atoms with Crippen LogP contribution in [0.25, 0.3) is 12.2 Å². The lowest BCUT2D eigenvalue weighted by atomic mass is 10.3. The number of nitrogens with zero attached hydrogens (tertiary/aromatic N) is 5. The van der Waals surface area contributed by atoms with Crippen LogP contribution in [0.4, 0.5) is 4.39 Å². The van der Waals surface area contributed by atoms with Crippen molar-refractivity contribution in [2.45, 2.75) is 53.1 Å². The van der Waals surface area contributed by atoms with Crippen molar-refractivity contribution < 1.29 is 9.13 Å². The Bertz CT molecular complexity index is 1520. The molecule has 3 heterocycles. The van der Waals surface area contributed by atoms with Crippen molar-refractivity contribution in [3.8, 4) is 0 Å². The summed E-state index contributed by atoms with van der Waals surface area (Å²) in [5, 5.41) is 7.18. The van der Waals surface area contributed by atoms with Crippen molar-refractivity contribution in [1.82, 2.24) is 25.2 Å². The Morgan fingerprint density at radius 2 is 2.13 bits per heavy atom. The Morgan fingerprint density at radius 1 is 1.30 bits per heavy atom. The number of hydrogen-bond donors (Lipinski definition) is 2. The van der Waals surface area contributed by atoms with Crippen molar-refractivity contribution in [1.29, 1.82) is 0 Å². The molecule has 0 fully saturated rings. The largest absolute Gasteiger partial charge is 0.492 e. The molecule has 0 atom stereocenters.